The van der Waals surface area contributed by atoms with E-state index in [1.807, 2.05) is 52.0 Å². The van der Waals surface area contributed by atoms with Gasteiger partial charge in [-0.2, -0.15) is 13.2 Å². The van der Waals surface area contributed by atoms with E-state index in [4.69, 9.17) is 5.11 Å². The zero-order valence-electron chi connectivity index (χ0n) is 20.0. The molecule has 0 aliphatic carbocycles. The molecule has 0 radical (unpaired) electrons. The van der Waals surface area contributed by atoms with Gasteiger partial charge < -0.3 is 10.2 Å². The van der Waals surface area contributed by atoms with Gasteiger partial charge in [0.1, 0.15) is 11.5 Å². The maximum Gasteiger partial charge on any atom is 0.416 e. The van der Waals surface area contributed by atoms with Crippen molar-refractivity contribution in [1.82, 2.24) is 0 Å². The third-order valence-electron chi connectivity index (χ3n) is 4.38. The standard InChI is InChI=1S/C13H14OS.C9H9F3O.2C2H6/c1-3-9-7-11(14)8-10-5-4-6-12(15-2)13(9)10;1-2-6-5-7(13)3-4-8(6)9(10,11)12;2*1-2/h4-8,14H,3H2,1-2H3;3-5,13H,2H2,1H3;2*1-2H3. The van der Waals surface area contributed by atoms with Crippen molar-refractivity contribution in [3.63, 3.8) is 0 Å². The first-order valence-electron chi connectivity index (χ1n) is 10.9. The van der Waals surface area contributed by atoms with Crippen molar-refractivity contribution in [3.05, 3.63) is 65.2 Å². The molecule has 0 unspecified atom stereocenters. The molecule has 0 atom stereocenters. The second kappa shape index (κ2) is 14.7. The van der Waals surface area contributed by atoms with Crippen molar-refractivity contribution in [2.75, 3.05) is 6.26 Å². The molecule has 3 aromatic rings. The highest BCUT2D eigenvalue weighted by Gasteiger charge is 2.32. The number of thioether (sulfide) groups is 1. The summed E-state index contributed by atoms with van der Waals surface area (Å²) in [5, 5.41) is 21.0. The van der Waals surface area contributed by atoms with Crippen LogP contribution in [0.25, 0.3) is 10.8 Å². The molecule has 3 rings (SSSR count). The van der Waals surface area contributed by atoms with Gasteiger partial charge in [0.25, 0.3) is 0 Å². The Labute approximate surface area is 194 Å². The monoisotopic (exact) mass is 468 g/mol. The molecule has 3 aromatic carbocycles. The minimum Gasteiger partial charge on any atom is -0.508 e. The summed E-state index contributed by atoms with van der Waals surface area (Å²) in [7, 11) is 0. The molecular formula is C26H35F3O2S. The Morgan fingerprint density at radius 2 is 1.34 bits per heavy atom. The summed E-state index contributed by atoms with van der Waals surface area (Å²) in [6, 6.07) is 13.0. The summed E-state index contributed by atoms with van der Waals surface area (Å²) in [6.07, 6.45) is -1.05. The van der Waals surface area contributed by atoms with E-state index in [0.717, 1.165) is 30.0 Å². The van der Waals surface area contributed by atoms with Crippen LogP contribution in [-0.4, -0.2) is 16.5 Å². The lowest BCUT2D eigenvalue weighted by atomic mass is 10.0. The predicted molar refractivity (Wildman–Crippen MR) is 132 cm³/mol. The van der Waals surface area contributed by atoms with Gasteiger partial charge in [-0.05, 0) is 77.4 Å². The minimum absolute atomic E-state index is 0.118. The van der Waals surface area contributed by atoms with Gasteiger partial charge in [0, 0.05) is 4.90 Å². The fraction of sp³-hybridized carbons (Fsp3) is 0.385. The number of halogens is 3. The predicted octanol–water partition coefficient (Wildman–Crippen LogP) is 8.86. The maximum atomic E-state index is 12.3. The van der Waals surface area contributed by atoms with Gasteiger partial charge in [0.2, 0.25) is 0 Å². The fourth-order valence-corrected chi connectivity index (χ4v) is 3.73. The number of hydrogen-bond acceptors (Lipinski definition) is 3. The fourth-order valence-electron chi connectivity index (χ4n) is 3.06. The lowest BCUT2D eigenvalue weighted by Gasteiger charge is -2.11. The van der Waals surface area contributed by atoms with Crippen LogP contribution in [0.3, 0.4) is 0 Å². The van der Waals surface area contributed by atoms with Crippen LogP contribution in [0.2, 0.25) is 0 Å². The van der Waals surface area contributed by atoms with E-state index in [1.165, 1.54) is 15.8 Å². The quantitative estimate of drug-likeness (QED) is 0.377. The molecule has 0 fully saturated rings. The highest BCUT2D eigenvalue weighted by atomic mass is 32.2. The number of aromatic hydroxyl groups is 2. The number of aryl methyl sites for hydroxylation is 2. The highest BCUT2D eigenvalue weighted by molar-refractivity contribution is 7.98. The second-order valence-corrected chi connectivity index (χ2v) is 7.06. The van der Waals surface area contributed by atoms with Crippen LogP contribution in [0.5, 0.6) is 11.5 Å². The largest absolute Gasteiger partial charge is 0.508 e. The maximum absolute atomic E-state index is 12.3. The van der Waals surface area contributed by atoms with E-state index in [9.17, 15) is 18.3 Å². The van der Waals surface area contributed by atoms with Gasteiger partial charge in [-0.15, -0.1) is 11.8 Å². The number of hydrogen-bond donors (Lipinski definition) is 2. The van der Waals surface area contributed by atoms with Crippen molar-refractivity contribution in [1.29, 1.82) is 0 Å². The van der Waals surface area contributed by atoms with Crippen LogP contribution in [0.1, 0.15) is 58.2 Å². The van der Waals surface area contributed by atoms with E-state index < -0.39 is 11.7 Å². The molecule has 0 aliphatic heterocycles. The number of alkyl halides is 3. The van der Waals surface area contributed by atoms with Gasteiger partial charge in [-0.25, -0.2) is 0 Å². The van der Waals surface area contributed by atoms with Crippen LogP contribution >= 0.6 is 11.8 Å². The molecule has 0 amide bonds. The topological polar surface area (TPSA) is 40.5 Å². The average molecular weight is 469 g/mol. The van der Waals surface area contributed by atoms with E-state index >= 15 is 0 Å². The summed E-state index contributed by atoms with van der Waals surface area (Å²) in [5.41, 5.74) is 0.662. The Morgan fingerprint density at radius 3 is 1.84 bits per heavy atom. The van der Waals surface area contributed by atoms with Crippen molar-refractivity contribution in [2.45, 2.75) is 65.5 Å². The minimum atomic E-state index is -4.33. The molecule has 6 heteroatoms. The molecule has 2 N–H and O–H groups in total. The van der Waals surface area contributed by atoms with E-state index in [0.29, 0.717) is 5.75 Å². The second-order valence-electron chi connectivity index (χ2n) is 6.21. The Balaban J connectivity index is 0.000000525. The van der Waals surface area contributed by atoms with Gasteiger partial charge >= 0.3 is 6.18 Å². The number of benzene rings is 3. The number of phenols is 2. The number of fused-ring (bicyclic) bond motifs is 1. The van der Waals surface area contributed by atoms with Crippen LogP contribution in [0.15, 0.2) is 53.4 Å². The summed E-state index contributed by atoms with van der Waals surface area (Å²) < 4.78 is 36.9. The number of phenolic OH excluding ortho intramolecular Hbond substituents is 2. The summed E-state index contributed by atoms with van der Waals surface area (Å²) in [6.45, 7) is 11.7. The van der Waals surface area contributed by atoms with Crippen molar-refractivity contribution in [2.24, 2.45) is 0 Å². The summed E-state index contributed by atoms with van der Waals surface area (Å²) >= 11 is 1.75. The summed E-state index contributed by atoms with van der Waals surface area (Å²) in [5.74, 6) is 0.224. The van der Waals surface area contributed by atoms with Crippen LogP contribution in [-0.2, 0) is 19.0 Å². The zero-order chi connectivity index (χ0) is 24.9. The molecule has 0 saturated heterocycles. The van der Waals surface area contributed by atoms with E-state index in [-0.39, 0.29) is 17.7 Å². The first kappa shape index (κ1) is 29.7. The molecule has 0 bridgehead atoms. The number of rotatable bonds is 3. The SMILES string of the molecule is CC.CC.CCc1cc(O)cc2cccc(SC)c12.CCc1cc(O)ccc1C(F)(F)F. The highest BCUT2D eigenvalue weighted by Crippen LogP contribution is 2.34. The van der Waals surface area contributed by atoms with E-state index in [2.05, 4.69) is 19.2 Å². The lowest BCUT2D eigenvalue weighted by molar-refractivity contribution is -0.138. The first-order valence-corrected chi connectivity index (χ1v) is 12.1. The lowest BCUT2D eigenvalue weighted by Crippen LogP contribution is -2.08. The molecule has 0 heterocycles. The van der Waals surface area contributed by atoms with Crippen molar-refractivity contribution in [3.8, 4) is 11.5 Å². The molecule has 32 heavy (non-hydrogen) atoms. The van der Waals surface area contributed by atoms with E-state index in [1.54, 1.807) is 18.7 Å². The van der Waals surface area contributed by atoms with Gasteiger partial charge in [-0.3, -0.25) is 0 Å². The van der Waals surface area contributed by atoms with Gasteiger partial charge in [-0.1, -0.05) is 53.7 Å². The zero-order valence-corrected chi connectivity index (χ0v) is 20.8. The Kier molecular flexibility index (Phi) is 13.6. The molecule has 0 aliphatic rings. The molecule has 178 valence electrons. The molecular weight excluding hydrogens is 433 g/mol. The molecule has 0 aromatic heterocycles. The Bertz CT molecular complexity index is 954. The third-order valence-corrected chi connectivity index (χ3v) is 5.16. The van der Waals surface area contributed by atoms with Gasteiger partial charge in [0.05, 0.1) is 5.56 Å². The van der Waals surface area contributed by atoms with Crippen molar-refractivity contribution < 1.29 is 23.4 Å². The molecule has 0 spiro atoms. The van der Waals surface area contributed by atoms with Crippen LogP contribution in [0, 0.1) is 0 Å². The molecule has 2 nitrogen and oxygen atoms in total. The first-order chi connectivity index (χ1) is 15.2. The average Bonchev–Trinajstić information content (AvgIpc) is 2.80. The normalized spacial score (nSPS) is 10.2. The van der Waals surface area contributed by atoms with Crippen molar-refractivity contribution >= 4 is 22.5 Å². The Morgan fingerprint density at radius 1 is 0.781 bits per heavy atom. The Hall–Kier alpha value is -2.34. The third kappa shape index (κ3) is 8.30. The smallest absolute Gasteiger partial charge is 0.416 e. The summed E-state index contributed by atoms with van der Waals surface area (Å²) in [4.78, 5) is 1.28. The molecule has 0 saturated carbocycles. The van der Waals surface area contributed by atoms with Crippen LogP contribution in [0.4, 0.5) is 13.2 Å². The van der Waals surface area contributed by atoms with Crippen LogP contribution < -0.4 is 0 Å². The van der Waals surface area contributed by atoms with Gasteiger partial charge in [0.15, 0.2) is 0 Å².